The number of nitriles is 1. The van der Waals surface area contributed by atoms with Gasteiger partial charge in [0.25, 0.3) is 0 Å². The average Bonchev–Trinajstić information content (AvgIpc) is 2.23. The van der Waals surface area contributed by atoms with E-state index in [0.717, 1.165) is 0 Å². The lowest BCUT2D eigenvalue weighted by Crippen LogP contribution is -1.89. The lowest BCUT2D eigenvalue weighted by Gasteiger charge is -2.04. The number of rotatable bonds is 2. The lowest BCUT2D eigenvalue weighted by atomic mass is 10.1. The van der Waals surface area contributed by atoms with Crippen molar-refractivity contribution in [3.8, 4) is 6.07 Å². The maximum absolute atomic E-state index is 13.5. The van der Waals surface area contributed by atoms with Crippen molar-refractivity contribution in [1.29, 1.82) is 5.26 Å². The standard InChI is InChI=1S/C11H8Cl2FN/c1-2-7(6-15)10(13)8-4-3-5-9(12)11(8)14/h3-5H,2H2,1H3/b10-7-. The summed E-state index contributed by atoms with van der Waals surface area (Å²) in [6.07, 6.45) is 0.460. The van der Waals surface area contributed by atoms with Crippen LogP contribution in [0.3, 0.4) is 0 Å². The van der Waals surface area contributed by atoms with Crippen molar-refractivity contribution < 1.29 is 4.39 Å². The number of allylic oxidation sites excluding steroid dienone is 1. The van der Waals surface area contributed by atoms with Crippen LogP contribution in [0.1, 0.15) is 18.9 Å². The van der Waals surface area contributed by atoms with Crippen molar-refractivity contribution in [1.82, 2.24) is 0 Å². The van der Waals surface area contributed by atoms with Gasteiger partial charge in [-0.15, -0.1) is 0 Å². The molecule has 1 aromatic carbocycles. The Kier molecular flexibility index (Phi) is 4.14. The SMILES string of the molecule is CC/C(C#N)=C(/Cl)c1cccc(Cl)c1F. The molecule has 0 bridgehead atoms. The van der Waals surface area contributed by atoms with E-state index in [0.29, 0.717) is 12.0 Å². The Bertz CT molecular complexity index is 446. The highest BCUT2D eigenvalue weighted by Gasteiger charge is 2.12. The minimum atomic E-state index is -0.592. The first-order valence-electron chi connectivity index (χ1n) is 4.35. The van der Waals surface area contributed by atoms with E-state index >= 15 is 0 Å². The van der Waals surface area contributed by atoms with Crippen LogP contribution in [0.5, 0.6) is 0 Å². The second-order valence-electron chi connectivity index (χ2n) is 2.86. The summed E-state index contributed by atoms with van der Waals surface area (Å²) in [4.78, 5) is 0. The maximum atomic E-state index is 13.5. The molecular weight excluding hydrogens is 236 g/mol. The molecule has 0 fully saturated rings. The fraction of sp³-hybridized carbons (Fsp3) is 0.182. The van der Waals surface area contributed by atoms with Gasteiger partial charge in [-0.05, 0) is 12.5 Å². The second-order valence-corrected chi connectivity index (χ2v) is 3.64. The van der Waals surface area contributed by atoms with Crippen LogP contribution in [0.15, 0.2) is 23.8 Å². The molecule has 0 spiro atoms. The summed E-state index contributed by atoms with van der Waals surface area (Å²) in [6, 6.07) is 6.46. The summed E-state index contributed by atoms with van der Waals surface area (Å²) in [6.45, 7) is 1.78. The molecule has 0 atom stereocenters. The molecule has 0 aliphatic carbocycles. The molecule has 0 saturated heterocycles. The van der Waals surface area contributed by atoms with Gasteiger partial charge in [-0.1, -0.05) is 42.3 Å². The van der Waals surface area contributed by atoms with Gasteiger partial charge < -0.3 is 0 Å². The first-order chi connectivity index (χ1) is 7.11. The lowest BCUT2D eigenvalue weighted by molar-refractivity contribution is 0.625. The van der Waals surface area contributed by atoms with E-state index < -0.39 is 5.82 Å². The van der Waals surface area contributed by atoms with Crippen molar-refractivity contribution in [2.75, 3.05) is 0 Å². The van der Waals surface area contributed by atoms with E-state index in [-0.39, 0.29) is 15.6 Å². The van der Waals surface area contributed by atoms with Crippen LogP contribution in [-0.4, -0.2) is 0 Å². The van der Waals surface area contributed by atoms with Crippen molar-refractivity contribution >= 4 is 28.2 Å². The van der Waals surface area contributed by atoms with Crippen molar-refractivity contribution in [2.45, 2.75) is 13.3 Å². The second kappa shape index (κ2) is 5.16. The summed E-state index contributed by atoms with van der Waals surface area (Å²) < 4.78 is 13.5. The summed E-state index contributed by atoms with van der Waals surface area (Å²) >= 11 is 11.5. The fourth-order valence-corrected chi connectivity index (χ4v) is 1.62. The molecule has 0 aliphatic rings. The van der Waals surface area contributed by atoms with Crippen LogP contribution in [0.2, 0.25) is 5.02 Å². The third-order valence-corrected chi connectivity index (χ3v) is 2.67. The van der Waals surface area contributed by atoms with Gasteiger partial charge in [-0.3, -0.25) is 0 Å². The van der Waals surface area contributed by atoms with Crippen LogP contribution in [0.4, 0.5) is 4.39 Å². The van der Waals surface area contributed by atoms with Crippen LogP contribution < -0.4 is 0 Å². The predicted molar refractivity (Wildman–Crippen MR) is 60.1 cm³/mol. The molecule has 1 aromatic rings. The average molecular weight is 244 g/mol. The molecule has 0 aliphatic heterocycles. The minimum Gasteiger partial charge on any atom is -0.205 e. The molecule has 4 heteroatoms. The van der Waals surface area contributed by atoms with Gasteiger partial charge >= 0.3 is 0 Å². The molecule has 1 nitrogen and oxygen atoms in total. The van der Waals surface area contributed by atoms with E-state index in [1.807, 2.05) is 6.07 Å². The highest BCUT2D eigenvalue weighted by Crippen LogP contribution is 2.29. The number of benzene rings is 1. The first kappa shape index (κ1) is 12.0. The van der Waals surface area contributed by atoms with E-state index in [9.17, 15) is 4.39 Å². The number of halogens is 3. The molecule has 78 valence electrons. The Morgan fingerprint density at radius 1 is 1.53 bits per heavy atom. The normalized spacial score (nSPS) is 11.9. The maximum Gasteiger partial charge on any atom is 0.150 e. The third kappa shape index (κ3) is 2.50. The highest BCUT2D eigenvalue weighted by atomic mass is 35.5. The zero-order valence-corrected chi connectivity index (χ0v) is 9.53. The van der Waals surface area contributed by atoms with E-state index in [4.69, 9.17) is 28.5 Å². The zero-order valence-electron chi connectivity index (χ0n) is 8.02. The van der Waals surface area contributed by atoms with Crippen molar-refractivity contribution in [3.63, 3.8) is 0 Å². The molecule has 0 saturated carbocycles. The molecule has 0 aromatic heterocycles. The summed E-state index contributed by atoms with van der Waals surface area (Å²) in [7, 11) is 0. The number of hydrogen-bond acceptors (Lipinski definition) is 1. The summed E-state index contributed by atoms with van der Waals surface area (Å²) in [5.74, 6) is -0.592. The van der Waals surface area contributed by atoms with E-state index in [1.54, 1.807) is 13.0 Å². The molecule has 0 N–H and O–H groups in total. The van der Waals surface area contributed by atoms with Gasteiger partial charge in [0.15, 0.2) is 5.82 Å². The van der Waals surface area contributed by atoms with Gasteiger partial charge in [0.2, 0.25) is 0 Å². The number of hydrogen-bond donors (Lipinski definition) is 0. The van der Waals surface area contributed by atoms with Crippen LogP contribution in [0.25, 0.3) is 5.03 Å². The monoisotopic (exact) mass is 243 g/mol. The molecule has 0 radical (unpaired) electrons. The Labute approximate surface area is 97.7 Å². The minimum absolute atomic E-state index is 0.000886. The molecule has 0 heterocycles. The van der Waals surface area contributed by atoms with E-state index in [1.165, 1.54) is 12.1 Å². The van der Waals surface area contributed by atoms with E-state index in [2.05, 4.69) is 0 Å². The number of nitrogens with zero attached hydrogens (tertiary/aromatic N) is 1. The van der Waals surface area contributed by atoms with Gasteiger partial charge in [0.1, 0.15) is 0 Å². The quantitative estimate of drug-likeness (QED) is 0.709. The summed E-state index contributed by atoms with van der Waals surface area (Å²) in [5.41, 5.74) is 0.514. The first-order valence-corrected chi connectivity index (χ1v) is 5.10. The summed E-state index contributed by atoms with van der Waals surface area (Å²) in [5, 5.41) is 8.89. The van der Waals surface area contributed by atoms with Crippen LogP contribution >= 0.6 is 23.2 Å². The van der Waals surface area contributed by atoms with Crippen molar-refractivity contribution in [3.05, 3.63) is 40.2 Å². The topological polar surface area (TPSA) is 23.8 Å². The van der Waals surface area contributed by atoms with Crippen LogP contribution in [-0.2, 0) is 0 Å². The largest absolute Gasteiger partial charge is 0.205 e. The smallest absolute Gasteiger partial charge is 0.150 e. The Morgan fingerprint density at radius 2 is 2.20 bits per heavy atom. The molecule has 0 amide bonds. The van der Waals surface area contributed by atoms with Crippen LogP contribution in [0, 0.1) is 17.1 Å². The Hall–Kier alpha value is -1.04. The molecule has 1 rings (SSSR count). The third-order valence-electron chi connectivity index (χ3n) is 1.94. The van der Waals surface area contributed by atoms with Crippen molar-refractivity contribution in [2.24, 2.45) is 0 Å². The highest BCUT2D eigenvalue weighted by molar-refractivity contribution is 6.49. The molecule has 15 heavy (non-hydrogen) atoms. The fourth-order valence-electron chi connectivity index (χ4n) is 1.12. The van der Waals surface area contributed by atoms with Gasteiger partial charge in [-0.25, -0.2) is 4.39 Å². The predicted octanol–water partition coefficient (Wildman–Crippen LogP) is 4.36. The zero-order chi connectivity index (χ0) is 11.4. The van der Waals surface area contributed by atoms with Gasteiger partial charge in [0.05, 0.1) is 16.1 Å². The Balaban J connectivity index is 3.35. The molecule has 0 unspecified atom stereocenters. The van der Waals surface area contributed by atoms with Gasteiger partial charge in [0, 0.05) is 11.1 Å². The van der Waals surface area contributed by atoms with Gasteiger partial charge in [-0.2, -0.15) is 5.26 Å². The Morgan fingerprint density at radius 3 is 2.73 bits per heavy atom. The molecular formula is C11H8Cl2FN.